The molecule has 0 aliphatic carbocycles. The summed E-state index contributed by atoms with van der Waals surface area (Å²) in [5.74, 6) is -2.95. The van der Waals surface area contributed by atoms with E-state index in [4.69, 9.17) is 11.5 Å². The fourth-order valence-electron chi connectivity index (χ4n) is 1.44. The third kappa shape index (κ3) is 4.53. The largest absolute Gasteiger partial charge is 0.394 e. The Kier molecular flexibility index (Phi) is 5.23. The van der Waals surface area contributed by atoms with E-state index in [9.17, 15) is 18.4 Å². The average Bonchev–Trinajstić information content (AvgIpc) is 2.34. The first kappa shape index (κ1) is 14.9. The van der Waals surface area contributed by atoms with Crippen molar-refractivity contribution >= 4 is 17.5 Å². The molecule has 0 aliphatic rings. The molecule has 0 atom stereocenters. The van der Waals surface area contributed by atoms with Crippen molar-refractivity contribution in [2.45, 2.75) is 19.3 Å². The Morgan fingerprint density at radius 3 is 2.26 bits per heavy atom. The topological polar surface area (TPSA) is 98.2 Å². The van der Waals surface area contributed by atoms with Crippen molar-refractivity contribution < 1.29 is 18.4 Å². The van der Waals surface area contributed by atoms with Gasteiger partial charge in [0.05, 0.1) is 0 Å². The summed E-state index contributed by atoms with van der Waals surface area (Å²) in [6.07, 6.45) is 1.33. The maximum Gasteiger partial charge on any atom is 0.251 e. The molecule has 104 valence electrons. The van der Waals surface area contributed by atoms with Crippen LogP contribution >= 0.6 is 0 Å². The molecule has 0 bridgehead atoms. The van der Waals surface area contributed by atoms with Gasteiger partial charge in [-0.2, -0.15) is 0 Å². The third-order valence-corrected chi connectivity index (χ3v) is 2.48. The third-order valence-electron chi connectivity index (χ3n) is 2.48. The van der Waals surface area contributed by atoms with Crippen molar-refractivity contribution in [2.24, 2.45) is 5.73 Å². The predicted octanol–water partition coefficient (Wildman–Crippen LogP) is 0.932. The van der Waals surface area contributed by atoms with E-state index in [1.54, 1.807) is 0 Å². The molecule has 0 unspecified atom stereocenters. The van der Waals surface area contributed by atoms with Crippen molar-refractivity contribution in [1.82, 2.24) is 5.32 Å². The summed E-state index contributed by atoms with van der Waals surface area (Å²) in [4.78, 5) is 22.0. The van der Waals surface area contributed by atoms with Gasteiger partial charge in [-0.15, -0.1) is 0 Å². The maximum absolute atomic E-state index is 13.1. The van der Waals surface area contributed by atoms with Gasteiger partial charge in [0.1, 0.15) is 17.3 Å². The monoisotopic (exact) mass is 271 g/mol. The number of amides is 2. The highest BCUT2D eigenvalue weighted by Gasteiger charge is 2.12. The summed E-state index contributed by atoms with van der Waals surface area (Å²) < 4.78 is 26.3. The van der Waals surface area contributed by atoms with E-state index in [1.165, 1.54) is 0 Å². The average molecular weight is 271 g/mol. The lowest BCUT2D eigenvalue weighted by Crippen LogP contribution is -2.25. The van der Waals surface area contributed by atoms with Gasteiger partial charge in [-0.25, -0.2) is 8.78 Å². The minimum absolute atomic E-state index is 0.140. The van der Waals surface area contributed by atoms with E-state index in [1.807, 2.05) is 0 Å². The molecule has 0 spiro atoms. The molecule has 19 heavy (non-hydrogen) atoms. The highest BCUT2D eigenvalue weighted by atomic mass is 19.1. The van der Waals surface area contributed by atoms with Crippen LogP contribution in [-0.4, -0.2) is 18.4 Å². The Hall–Kier alpha value is -2.18. The fourth-order valence-corrected chi connectivity index (χ4v) is 1.44. The van der Waals surface area contributed by atoms with Crippen molar-refractivity contribution in [3.8, 4) is 0 Å². The smallest absolute Gasteiger partial charge is 0.251 e. The van der Waals surface area contributed by atoms with Crippen LogP contribution in [0.25, 0.3) is 0 Å². The molecule has 5 N–H and O–H groups in total. The zero-order chi connectivity index (χ0) is 14.4. The standard InChI is InChI=1S/C12H15F2N3O2/c13-8-5-7(6-9(14)11(8)16)12(19)17-4-2-1-3-10(15)18/h5-6H,1-4,16H2,(H2,15,18)(H,17,19). The minimum Gasteiger partial charge on any atom is -0.394 e. The highest BCUT2D eigenvalue weighted by molar-refractivity contribution is 5.94. The summed E-state index contributed by atoms with van der Waals surface area (Å²) in [5.41, 5.74) is 9.29. The molecule has 0 aliphatic heterocycles. The van der Waals surface area contributed by atoms with Crippen LogP contribution in [-0.2, 0) is 4.79 Å². The van der Waals surface area contributed by atoms with E-state index >= 15 is 0 Å². The summed E-state index contributed by atoms with van der Waals surface area (Å²) in [6, 6.07) is 1.74. The Morgan fingerprint density at radius 2 is 1.74 bits per heavy atom. The number of carbonyl (C=O) groups excluding carboxylic acids is 2. The second-order valence-electron chi connectivity index (χ2n) is 4.03. The fraction of sp³-hybridized carbons (Fsp3) is 0.333. The number of primary amides is 1. The second kappa shape index (κ2) is 6.67. The number of hydrogen-bond donors (Lipinski definition) is 3. The van der Waals surface area contributed by atoms with Crippen LogP contribution in [0.4, 0.5) is 14.5 Å². The van der Waals surface area contributed by atoms with E-state index in [-0.39, 0.29) is 12.0 Å². The van der Waals surface area contributed by atoms with Crippen LogP contribution < -0.4 is 16.8 Å². The van der Waals surface area contributed by atoms with E-state index in [0.29, 0.717) is 19.4 Å². The molecule has 0 heterocycles. The minimum atomic E-state index is -0.973. The summed E-state index contributed by atoms with van der Waals surface area (Å²) >= 11 is 0. The number of nitrogens with one attached hydrogen (secondary N) is 1. The Morgan fingerprint density at radius 1 is 1.16 bits per heavy atom. The molecule has 0 fully saturated rings. The normalized spacial score (nSPS) is 10.2. The van der Waals surface area contributed by atoms with E-state index in [0.717, 1.165) is 12.1 Å². The first-order chi connectivity index (χ1) is 8.91. The van der Waals surface area contributed by atoms with Crippen molar-refractivity contribution in [2.75, 3.05) is 12.3 Å². The molecular formula is C12H15F2N3O2. The number of benzene rings is 1. The van der Waals surface area contributed by atoms with Gasteiger partial charge in [0.25, 0.3) is 5.91 Å². The SMILES string of the molecule is NC(=O)CCCCNC(=O)c1cc(F)c(N)c(F)c1. The van der Waals surface area contributed by atoms with Crippen molar-refractivity contribution in [1.29, 1.82) is 0 Å². The number of halogens is 2. The van der Waals surface area contributed by atoms with Crippen LogP contribution in [0.5, 0.6) is 0 Å². The molecule has 0 saturated carbocycles. The Bertz CT molecular complexity index is 469. The van der Waals surface area contributed by atoms with Crippen LogP contribution in [0.1, 0.15) is 29.6 Å². The molecule has 0 saturated heterocycles. The molecule has 1 aromatic carbocycles. The number of carbonyl (C=O) groups is 2. The van der Waals surface area contributed by atoms with Gasteiger partial charge < -0.3 is 16.8 Å². The second-order valence-corrected chi connectivity index (χ2v) is 4.03. The van der Waals surface area contributed by atoms with Gasteiger partial charge in [-0.1, -0.05) is 0 Å². The Balaban J connectivity index is 2.48. The number of unbranched alkanes of at least 4 members (excludes halogenated alkanes) is 1. The van der Waals surface area contributed by atoms with Gasteiger partial charge >= 0.3 is 0 Å². The lowest BCUT2D eigenvalue weighted by Gasteiger charge is -2.06. The molecule has 0 aromatic heterocycles. The molecule has 1 rings (SSSR count). The molecule has 1 aromatic rings. The molecule has 0 radical (unpaired) electrons. The van der Waals surface area contributed by atoms with E-state index in [2.05, 4.69) is 5.32 Å². The number of nitrogen functional groups attached to an aromatic ring is 1. The number of anilines is 1. The quantitative estimate of drug-likeness (QED) is 0.530. The molecular weight excluding hydrogens is 256 g/mol. The molecule has 5 nitrogen and oxygen atoms in total. The van der Waals surface area contributed by atoms with Gasteiger partial charge in [0, 0.05) is 18.5 Å². The number of nitrogens with two attached hydrogens (primary N) is 2. The molecule has 7 heteroatoms. The number of rotatable bonds is 6. The van der Waals surface area contributed by atoms with Crippen LogP contribution in [0.15, 0.2) is 12.1 Å². The Labute approximate surface area is 109 Å². The van der Waals surface area contributed by atoms with Crippen molar-refractivity contribution in [3.63, 3.8) is 0 Å². The molecule has 2 amide bonds. The van der Waals surface area contributed by atoms with E-state index < -0.39 is 29.1 Å². The first-order valence-corrected chi connectivity index (χ1v) is 5.73. The van der Waals surface area contributed by atoms with Crippen molar-refractivity contribution in [3.05, 3.63) is 29.3 Å². The maximum atomic E-state index is 13.1. The van der Waals surface area contributed by atoms with Gasteiger partial charge in [-0.3, -0.25) is 9.59 Å². The van der Waals surface area contributed by atoms with Crippen LogP contribution in [0.2, 0.25) is 0 Å². The van der Waals surface area contributed by atoms with Gasteiger partial charge in [-0.05, 0) is 25.0 Å². The summed E-state index contributed by atoms with van der Waals surface area (Å²) in [6.45, 7) is 0.291. The van der Waals surface area contributed by atoms with Crippen LogP contribution in [0, 0.1) is 11.6 Å². The van der Waals surface area contributed by atoms with Gasteiger partial charge in [0.15, 0.2) is 0 Å². The predicted molar refractivity (Wildman–Crippen MR) is 66.1 cm³/mol. The summed E-state index contributed by atoms with van der Waals surface area (Å²) in [5, 5.41) is 2.48. The highest BCUT2D eigenvalue weighted by Crippen LogP contribution is 2.17. The lowest BCUT2D eigenvalue weighted by atomic mass is 10.1. The van der Waals surface area contributed by atoms with Gasteiger partial charge in [0.2, 0.25) is 5.91 Å². The summed E-state index contributed by atoms with van der Waals surface area (Å²) in [7, 11) is 0. The zero-order valence-electron chi connectivity index (χ0n) is 10.2. The number of hydrogen-bond acceptors (Lipinski definition) is 3. The zero-order valence-corrected chi connectivity index (χ0v) is 10.2. The first-order valence-electron chi connectivity index (χ1n) is 5.73. The lowest BCUT2D eigenvalue weighted by molar-refractivity contribution is -0.118. The van der Waals surface area contributed by atoms with Crippen LogP contribution in [0.3, 0.4) is 0 Å².